The lowest BCUT2D eigenvalue weighted by atomic mass is 10.0. The van der Waals surface area contributed by atoms with Crippen LogP contribution >= 0.6 is 0 Å². The third-order valence-corrected chi connectivity index (χ3v) is 3.67. The minimum absolute atomic E-state index is 0.394. The number of rotatable bonds is 7. The summed E-state index contributed by atoms with van der Waals surface area (Å²) in [6.45, 7) is 10.1. The first-order valence-electron chi connectivity index (χ1n) is 8.43. The van der Waals surface area contributed by atoms with Crippen LogP contribution in [-0.2, 0) is 6.54 Å². The Kier molecular flexibility index (Phi) is 6.38. The lowest BCUT2D eigenvalue weighted by Gasteiger charge is -2.18. The highest BCUT2D eigenvalue weighted by atomic mass is 15.3. The maximum atomic E-state index is 4.64. The van der Waals surface area contributed by atoms with Gasteiger partial charge in [0.2, 0.25) is 0 Å². The summed E-state index contributed by atoms with van der Waals surface area (Å²) in [6, 6.07) is 6.27. The van der Waals surface area contributed by atoms with Gasteiger partial charge in [0.1, 0.15) is 6.54 Å². The van der Waals surface area contributed by atoms with Crippen LogP contribution in [0.15, 0.2) is 29.4 Å². The summed E-state index contributed by atoms with van der Waals surface area (Å²) in [4.78, 5) is 4.64. The third-order valence-electron chi connectivity index (χ3n) is 3.67. The highest BCUT2D eigenvalue weighted by molar-refractivity contribution is 5.79. The van der Waals surface area contributed by atoms with Crippen molar-refractivity contribution < 1.29 is 0 Å². The number of guanidine groups is 1. The van der Waals surface area contributed by atoms with E-state index in [2.05, 4.69) is 53.5 Å². The zero-order chi connectivity index (χ0) is 16.7. The van der Waals surface area contributed by atoms with E-state index in [4.69, 9.17) is 0 Å². The number of aromatic nitrogens is 3. The molecule has 23 heavy (non-hydrogen) atoms. The van der Waals surface area contributed by atoms with Crippen molar-refractivity contribution in [3.63, 3.8) is 0 Å². The maximum Gasteiger partial charge on any atom is 0.191 e. The molecule has 0 saturated heterocycles. The Hall–Kier alpha value is -2.11. The molecule has 1 unspecified atom stereocenters. The van der Waals surface area contributed by atoms with Gasteiger partial charge in [-0.15, -0.1) is 10.2 Å². The molecule has 0 spiro atoms. The summed E-state index contributed by atoms with van der Waals surface area (Å²) in [5, 5.41) is 15.1. The monoisotopic (exact) mass is 316 g/mol. The highest BCUT2D eigenvalue weighted by Gasteiger charge is 2.08. The average molecular weight is 316 g/mol. The molecule has 2 rings (SSSR count). The fourth-order valence-corrected chi connectivity index (χ4v) is 2.36. The van der Waals surface area contributed by atoms with Crippen LogP contribution < -0.4 is 10.6 Å². The Morgan fingerprint density at radius 3 is 2.78 bits per heavy atom. The first-order chi connectivity index (χ1) is 11.1. The third kappa shape index (κ3) is 5.23. The summed E-state index contributed by atoms with van der Waals surface area (Å²) >= 11 is 0. The SMILES string of the molecule is CCNC(=NCc1nnc2ccccn12)NC(C)CCC(C)C. The van der Waals surface area contributed by atoms with Crippen molar-refractivity contribution in [1.29, 1.82) is 0 Å². The molecule has 2 heterocycles. The summed E-state index contributed by atoms with van der Waals surface area (Å²) in [6.07, 6.45) is 4.31. The molecular weight excluding hydrogens is 288 g/mol. The second-order valence-electron chi connectivity index (χ2n) is 6.26. The molecule has 2 aromatic rings. The fourth-order valence-electron chi connectivity index (χ4n) is 2.36. The minimum Gasteiger partial charge on any atom is -0.357 e. The van der Waals surface area contributed by atoms with Crippen molar-refractivity contribution in [2.75, 3.05) is 6.54 Å². The van der Waals surface area contributed by atoms with Crippen molar-refractivity contribution >= 4 is 11.6 Å². The fraction of sp³-hybridized carbons (Fsp3) is 0.588. The van der Waals surface area contributed by atoms with Gasteiger partial charge in [0, 0.05) is 18.8 Å². The van der Waals surface area contributed by atoms with E-state index in [1.54, 1.807) is 0 Å². The van der Waals surface area contributed by atoms with E-state index in [0.29, 0.717) is 12.6 Å². The van der Waals surface area contributed by atoms with Crippen LogP contribution in [-0.4, -0.2) is 33.1 Å². The van der Waals surface area contributed by atoms with Crippen molar-refractivity contribution in [3.05, 3.63) is 30.2 Å². The summed E-state index contributed by atoms with van der Waals surface area (Å²) in [5.41, 5.74) is 0.848. The molecule has 0 amide bonds. The smallest absolute Gasteiger partial charge is 0.191 e. The molecule has 2 N–H and O–H groups in total. The maximum absolute atomic E-state index is 4.64. The van der Waals surface area contributed by atoms with Crippen molar-refractivity contribution in [2.24, 2.45) is 10.9 Å². The quantitative estimate of drug-likeness (QED) is 0.609. The molecule has 6 heteroatoms. The first-order valence-corrected chi connectivity index (χ1v) is 8.43. The molecule has 0 aliphatic heterocycles. The van der Waals surface area contributed by atoms with Gasteiger partial charge in [0.05, 0.1) is 0 Å². The van der Waals surface area contributed by atoms with Gasteiger partial charge in [0.25, 0.3) is 0 Å². The van der Waals surface area contributed by atoms with E-state index in [1.165, 1.54) is 6.42 Å². The molecule has 0 bridgehead atoms. The van der Waals surface area contributed by atoms with Gasteiger partial charge in [-0.05, 0) is 44.7 Å². The Labute approximate surface area is 138 Å². The Bertz CT molecular complexity index is 631. The molecule has 0 radical (unpaired) electrons. The molecule has 0 aliphatic rings. The summed E-state index contributed by atoms with van der Waals surface area (Å²) < 4.78 is 1.97. The Morgan fingerprint density at radius 2 is 2.04 bits per heavy atom. The van der Waals surface area contributed by atoms with Crippen molar-refractivity contribution in [2.45, 2.75) is 53.1 Å². The Morgan fingerprint density at radius 1 is 1.22 bits per heavy atom. The predicted molar refractivity (Wildman–Crippen MR) is 94.5 cm³/mol. The second-order valence-corrected chi connectivity index (χ2v) is 6.26. The summed E-state index contributed by atoms with van der Waals surface area (Å²) in [5.74, 6) is 2.39. The van der Waals surface area contributed by atoms with Crippen LogP contribution in [0.3, 0.4) is 0 Å². The van der Waals surface area contributed by atoms with E-state index < -0.39 is 0 Å². The molecule has 126 valence electrons. The predicted octanol–water partition coefficient (Wildman–Crippen LogP) is 2.61. The van der Waals surface area contributed by atoms with Crippen LogP contribution in [0.25, 0.3) is 5.65 Å². The standard InChI is InChI=1S/C17H28N6/c1-5-18-17(20-14(4)10-9-13(2)3)19-12-16-22-21-15-8-6-7-11-23(15)16/h6-8,11,13-14H,5,9-10,12H2,1-4H3,(H2,18,19,20). The molecule has 0 fully saturated rings. The molecule has 0 aromatic carbocycles. The molecule has 1 atom stereocenters. The van der Waals surface area contributed by atoms with Gasteiger partial charge in [-0.3, -0.25) is 4.40 Å². The topological polar surface area (TPSA) is 66.6 Å². The normalized spacial score (nSPS) is 13.5. The van der Waals surface area contributed by atoms with Crippen LogP contribution in [0, 0.1) is 5.92 Å². The highest BCUT2D eigenvalue weighted by Crippen LogP contribution is 2.07. The largest absolute Gasteiger partial charge is 0.357 e. The van der Waals surface area contributed by atoms with Gasteiger partial charge >= 0.3 is 0 Å². The van der Waals surface area contributed by atoms with Crippen LogP contribution in [0.5, 0.6) is 0 Å². The lowest BCUT2D eigenvalue weighted by molar-refractivity contribution is 0.489. The van der Waals surface area contributed by atoms with Crippen molar-refractivity contribution in [3.8, 4) is 0 Å². The minimum atomic E-state index is 0.394. The number of nitrogens with one attached hydrogen (secondary N) is 2. The van der Waals surface area contributed by atoms with Crippen molar-refractivity contribution in [1.82, 2.24) is 25.2 Å². The van der Waals surface area contributed by atoms with Gasteiger partial charge in [-0.25, -0.2) is 4.99 Å². The zero-order valence-corrected chi connectivity index (χ0v) is 14.6. The first kappa shape index (κ1) is 17.2. The number of aliphatic imine (C=N–C) groups is 1. The number of pyridine rings is 1. The van der Waals surface area contributed by atoms with E-state index in [9.17, 15) is 0 Å². The molecule has 0 saturated carbocycles. The number of hydrogen-bond acceptors (Lipinski definition) is 3. The van der Waals surface area contributed by atoms with Crippen LogP contribution in [0.1, 0.15) is 46.4 Å². The Balaban J connectivity index is 2.00. The van der Waals surface area contributed by atoms with Gasteiger partial charge in [0.15, 0.2) is 17.4 Å². The van der Waals surface area contributed by atoms with E-state index in [0.717, 1.165) is 36.3 Å². The molecule has 0 aliphatic carbocycles. The average Bonchev–Trinajstić information content (AvgIpc) is 2.94. The van der Waals surface area contributed by atoms with Gasteiger partial charge in [-0.1, -0.05) is 19.9 Å². The number of hydrogen-bond donors (Lipinski definition) is 2. The number of nitrogens with zero attached hydrogens (tertiary/aromatic N) is 4. The van der Waals surface area contributed by atoms with E-state index in [1.807, 2.05) is 28.8 Å². The van der Waals surface area contributed by atoms with E-state index in [-0.39, 0.29) is 0 Å². The van der Waals surface area contributed by atoms with Crippen LogP contribution in [0.4, 0.5) is 0 Å². The van der Waals surface area contributed by atoms with Crippen LogP contribution in [0.2, 0.25) is 0 Å². The molecule has 6 nitrogen and oxygen atoms in total. The van der Waals surface area contributed by atoms with Gasteiger partial charge in [-0.2, -0.15) is 0 Å². The second kappa shape index (κ2) is 8.50. The lowest BCUT2D eigenvalue weighted by Crippen LogP contribution is -2.42. The van der Waals surface area contributed by atoms with Gasteiger partial charge < -0.3 is 10.6 Å². The molecule has 2 aromatic heterocycles. The van der Waals surface area contributed by atoms with E-state index >= 15 is 0 Å². The number of fused-ring (bicyclic) bond motifs is 1. The molecular formula is C17H28N6. The zero-order valence-electron chi connectivity index (χ0n) is 14.6. The summed E-state index contributed by atoms with van der Waals surface area (Å²) in [7, 11) is 0.